The predicted octanol–water partition coefficient (Wildman–Crippen LogP) is 0.866. The van der Waals surface area contributed by atoms with Crippen LogP contribution in [0.2, 0.25) is 0 Å². The molecule has 1 aliphatic heterocycles. The SMILES string of the molecule is Nc1ccccc1C(=O)N1CCC[C@@H]1CO. The topological polar surface area (TPSA) is 66.6 Å². The third kappa shape index (κ3) is 1.88. The highest BCUT2D eigenvalue weighted by molar-refractivity contribution is 5.99. The Kier molecular flexibility index (Phi) is 3.10. The van der Waals surface area contributed by atoms with E-state index in [1.807, 2.05) is 0 Å². The van der Waals surface area contributed by atoms with Crippen molar-refractivity contribution in [3.05, 3.63) is 29.8 Å². The zero-order valence-electron chi connectivity index (χ0n) is 9.10. The third-order valence-electron chi connectivity index (χ3n) is 3.04. The van der Waals surface area contributed by atoms with Crippen molar-refractivity contribution in [2.24, 2.45) is 0 Å². The maximum Gasteiger partial charge on any atom is 0.256 e. The minimum absolute atomic E-state index is 0.0263. The summed E-state index contributed by atoms with van der Waals surface area (Å²) in [5.74, 6) is -0.0744. The lowest BCUT2D eigenvalue weighted by Gasteiger charge is -2.23. The average Bonchev–Trinajstić information content (AvgIpc) is 2.77. The first kappa shape index (κ1) is 11.0. The molecule has 0 bridgehead atoms. The van der Waals surface area contributed by atoms with Crippen LogP contribution in [0.3, 0.4) is 0 Å². The molecule has 1 atom stereocenters. The van der Waals surface area contributed by atoms with Crippen LogP contribution in [0.1, 0.15) is 23.2 Å². The van der Waals surface area contributed by atoms with Crippen LogP contribution in [-0.2, 0) is 0 Å². The summed E-state index contributed by atoms with van der Waals surface area (Å²) in [7, 11) is 0. The van der Waals surface area contributed by atoms with Crippen LogP contribution in [-0.4, -0.2) is 35.1 Å². The van der Waals surface area contributed by atoms with Gasteiger partial charge in [-0.3, -0.25) is 4.79 Å². The number of aliphatic hydroxyl groups is 1. The highest BCUT2D eigenvalue weighted by atomic mass is 16.3. The lowest BCUT2D eigenvalue weighted by atomic mass is 10.1. The van der Waals surface area contributed by atoms with E-state index in [-0.39, 0.29) is 18.6 Å². The second kappa shape index (κ2) is 4.53. The molecule has 4 heteroatoms. The molecule has 2 rings (SSSR count). The highest BCUT2D eigenvalue weighted by Crippen LogP contribution is 2.21. The first-order valence-electron chi connectivity index (χ1n) is 5.50. The molecule has 0 radical (unpaired) electrons. The molecule has 16 heavy (non-hydrogen) atoms. The molecule has 1 fully saturated rings. The molecule has 86 valence electrons. The van der Waals surface area contributed by atoms with Crippen molar-refractivity contribution >= 4 is 11.6 Å². The Morgan fingerprint density at radius 3 is 2.94 bits per heavy atom. The number of para-hydroxylation sites is 1. The molecule has 1 saturated heterocycles. The van der Waals surface area contributed by atoms with E-state index < -0.39 is 0 Å². The number of hydrogen-bond acceptors (Lipinski definition) is 3. The monoisotopic (exact) mass is 220 g/mol. The van der Waals surface area contributed by atoms with Gasteiger partial charge in [0.2, 0.25) is 0 Å². The van der Waals surface area contributed by atoms with Gasteiger partial charge in [0.05, 0.1) is 18.2 Å². The second-order valence-corrected chi connectivity index (χ2v) is 4.06. The largest absolute Gasteiger partial charge is 0.398 e. The number of rotatable bonds is 2. The number of likely N-dealkylation sites (tertiary alicyclic amines) is 1. The molecule has 3 N–H and O–H groups in total. The molecule has 4 nitrogen and oxygen atoms in total. The molecule has 0 aromatic heterocycles. The number of nitrogens with zero attached hydrogens (tertiary/aromatic N) is 1. The van der Waals surface area contributed by atoms with Crippen molar-refractivity contribution in [2.45, 2.75) is 18.9 Å². The maximum absolute atomic E-state index is 12.2. The van der Waals surface area contributed by atoms with Crippen molar-refractivity contribution in [3.63, 3.8) is 0 Å². The van der Waals surface area contributed by atoms with Gasteiger partial charge in [0.25, 0.3) is 5.91 Å². The molecule has 1 amide bonds. The fourth-order valence-corrected chi connectivity index (χ4v) is 2.14. The average molecular weight is 220 g/mol. The van der Waals surface area contributed by atoms with Gasteiger partial charge in [0.15, 0.2) is 0 Å². The van der Waals surface area contributed by atoms with Gasteiger partial charge in [-0.1, -0.05) is 12.1 Å². The lowest BCUT2D eigenvalue weighted by Crippen LogP contribution is -2.37. The summed E-state index contributed by atoms with van der Waals surface area (Å²) in [5.41, 5.74) is 6.79. The Labute approximate surface area is 94.7 Å². The normalized spacial score (nSPS) is 20.1. The van der Waals surface area contributed by atoms with Crippen LogP contribution in [0.15, 0.2) is 24.3 Å². The molecule has 0 saturated carbocycles. The number of anilines is 1. The first-order chi connectivity index (χ1) is 7.74. The molecule has 1 heterocycles. The van der Waals surface area contributed by atoms with Gasteiger partial charge in [0, 0.05) is 12.2 Å². The van der Waals surface area contributed by atoms with Gasteiger partial charge < -0.3 is 15.7 Å². The number of benzene rings is 1. The second-order valence-electron chi connectivity index (χ2n) is 4.06. The Balaban J connectivity index is 2.22. The Morgan fingerprint density at radius 1 is 1.50 bits per heavy atom. The number of nitrogen functional groups attached to an aromatic ring is 1. The summed E-state index contributed by atoms with van der Waals surface area (Å²) in [4.78, 5) is 13.9. The number of carbonyl (C=O) groups excluding carboxylic acids is 1. The number of nitrogens with two attached hydrogens (primary N) is 1. The summed E-state index contributed by atoms with van der Waals surface area (Å²) in [6, 6.07) is 7.00. The number of aliphatic hydroxyl groups excluding tert-OH is 1. The van der Waals surface area contributed by atoms with Crippen molar-refractivity contribution in [1.82, 2.24) is 4.90 Å². The first-order valence-corrected chi connectivity index (χ1v) is 5.50. The molecule has 1 aromatic rings. The van der Waals surface area contributed by atoms with E-state index in [0.717, 1.165) is 12.8 Å². The Bertz CT molecular complexity index is 392. The molecular formula is C12H16N2O2. The summed E-state index contributed by atoms with van der Waals surface area (Å²) < 4.78 is 0. The van der Waals surface area contributed by atoms with E-state index in [1.54, 1.807) is 29.2 Å². The molecule has 1 aliphatic rings. The van der Waals surface area contributed by atoms with Crippen molar-refractivity contribution in [2.75, 3.05) is 18.9 Å². The van der Waals surface area contributed by atoms with Gasteiger partial charge >= 0.3 is 0 Å². The maximum atomic E-state index is 12.2. The van der Waals surface area contributed by atoms with Crippen LogP contribution >= 0.6 is 0 Å². The zero-order chi connectivity index (χ0) is 11.5. The minimum Gasteiger partial charge on any atom is -0.398 e. The zero-order valence-corrected chi connectivity index (χ0v) is 9.10. The van der Waals surface area contributed by atoms with Gasteiger partial charge in [-0.15, -0.1) is 0 Å². The Hall–Kier alpha value is -1.55. The van der Waals surface area contributed by atoms with Crippen LogP contribution in [0.4, 0.5) is 5.69 Å². The van der Waals surface area contributed by atoms with E-state index in [4.69, 9.17) is 5.73 Å². The summed E-state index contributed by atoms with van der Waals surface area (Å²) in [6.45, 7) is 0.733. The predicted molar refractivity (Wildman–Crippen MR) is 62.0 cm³/mol. The minimum atomic E-state index is -0.0744. The third-order valence-corrected chi connectivity index (χ3v) is 3.04. The lowest BCUT2D eigenvalue weighted by molar-refractivity contribution is 0.0678. The van der Waals surface area contributed by atoms with E-state index in [0.29, 0.717) is 17.8 Å². The van der Waals surface area contributed by atoms with Crippen LogP contribution in [0.5, 0.6) is 0 Å². The van der Waals surface area contributed by atoms with Crippen molar-refractivity contribution < 1.29 is 9.90 Å². The molecular weight excluding hydrogens is 204 g/mol. The van der Waals surface area contributed by atoms with Gasteiger partial charge in [-0.2, -0.15) is 0 Å². The van der Waals surface area contributed by atoms with Gasteiger partial charge in [-0.05, 0) is 25.0 Å². The van der Waals surface area contributed by atoms with Crippen molar-refractivity contribution in [3.8, 4) is 0 Å². The van der Waals surface area contributed by atoms with E-state index in [2.05, 4.69) is 0 Å². The van der Waals surface area contributed by atoms with E-state index in [1.165, 1.54) is 0 Å². The number of carbonyl (C=O) groups is 1. The van der Waals surface area contributed by atoms with Crippen LogP contribution in [0.25, 0.3) is 0 Å². The molecule has 1 aromatic carbocycles. The van der Waals surface area contributed by atoms with E-state index in [9.17, 15) is 9.90 Å². The standard InChI is InChI=1S/C12H16N2O2/c13-11-6-2-1-5-10(11)12(16)14-7-3-4-9(14)8-15/h1-2,5-6,9,15H,3-4,7-8,13H2/t9-/m1/s1. The highest BCUT2D eigenvalue weighted by Gasteiger charge is 2.29. The number of hydrogen-bond donors (Lipinski definition) is 2. The summed E-state index contributed by atoms with van der Waals surface area (Å²) in [5, 5.41) is 9.18. The van der Waals surface area contributed by atoms with Gasteiger partial charge in [-0.25, -0.2) is 0 Å². The number of amides is 1. The van der Waals surface area contributed by atoms with Crippen molar-refractivity contribution in [1.29, 1.82) is 0 Å². The fourth-order valence-electron chi connectivity index (χ4n) is 2.14. The van der Waals surface area contributed by atoms with Crippen LogP contribution in [0, 0.1) is 0 Å². The Morgan fingerprint density at radius 2 is 2.25 bits per heavy atom. The molecule has 0 unspecified atom stereocenters. The van der Waals surface area contributed by atoms with E-state index >= 15 is 0 Å². The summed E-state index contributed by atoms with van der Waals surface area (Å²) >= 11 is 0. The smallest absolute Gasteiger partial charge is 0.256 e. The summed E-state index contributed by atoms with van der Waals surface area (Å²) in [6.07, 6.45) is 1.82. The van der Waals surface area contributed by atoms with Crippen LogP contribution < -0.4 is 5.73 Å². The fraction of sp³-hybridized carbons (Fsp3) is 0.417. The molecule has 0 spiro atoms. The quantitative estimate of drug-likeness (QED) is 0.727. The van der Waals surface area contributed by atoms with Gasteiger partial charge in [0.1, 0.15) is 0 Å². The molecule has 0 aliphatic carbocycles.